The summed E-state index contributed by atoms with van der Waals surface area (Å²) in [6.45, 7) is 1.57. The molecule has 0 aromatic carbocycles. The van der Waals surface area contributed by atoms with Crippen molar-refractivity contribution in [3.63, 3.8) is 0 Å². The standard InChI is InChI=1S/C10H9ClIN3O/c11-9-8-7(12)3-15(6-1-2-16-4-6)10(8)14-5-13-9/h3,5-6H,1-2,4H2. The molecule has 1 fully saturated rings. The molecule has 16 heavy (non-hydrogen) atoms. The molecule has 3 heterocycles. The molecule has 1 aliphatic heterocycles. The Hall–Kier alpha value is -0.400. The number of nitrogens with zero attached hydrogens (tertiary/aromatic N) is 3. The van der Waals surface area contributed by atoms with E-state index in [0.29, 0.717) is 11.2 Å². The molecule has 1 unspecified atom stereocenters. The van der Waals surface area contributed by atoms with Crippen LogP contribution in [0.2, 0.25) is 5.15 Å². The van der Waals surface area contributed by atoms with Crippen LogP contribution >= 0.6 is 34.2 Å². The topological polar surface area (TPSA) is 39.9 Å². The van der Waals surface area contributed by atoms with E-state index in [1.165, 1.54) is 6.33 Å². The van der Waals surface area contributed by atoms with Crippen LogP contribution in [-0.2, 0) is 4.74 Å². The summed E-state index contributed by atoms with van der Waals surface area (Å²) < 4.78 is 8.64. The van der Waals surface area contributed by atoms with Gasteiger partial charge in [0.2, 0.25) is 0 Å². The third kappa shape index (κ3) is 1.61. The van der Waals surface area contributed by atoms with Crippen LogP contribution in [0, 0.1) is 3.57 Å². The molecule has 0 spiro atoms. The zero-order valence-electron chi connectivity index (χ0n) is 8.36. The van der Waals surface area contributed by atoms with Crippen molar-refractivity contribution in [2.45, 2.75) is 12.5 Å². The summed E-state index contributed by atoms with van der Waals surface area (Å²) in [6, 6.07) is 0.372. The second-order valence-electron chi connectivity index (χ2n) is 3.76. The Balaban J connectivity index is 2.22. The second kappa shape index (κ2) is 4.12. The molecule has 1 aliphatic rings. The molecule has 0 aliphatic carbocycles. The monoisotopic (exact) mass is 349 g/mol. The molecule has 84 valence electrons. The van der Waals surface area contributed by atoms with E-state index in [9.17, 15) is 0 Å². The Bertz CT molecular complexity index is 536. The van der Waals surface area contributed by atoms with Gasteiger partial charge in [-0.1, -0.05) is 11.6 Å². The van der Waals surface area contributed by atoms with Crippen molar-refractivity contribution < 1.29 is 4.74 Å². The van der Waals surface area contributed by atoms with Gasteiger partial charge in [-0.2, -0.15) is 0 Å². The maximum absolute atomic E-state index is 6.08. The van der Waals surface area contributed by atoms with Crippen LogP contribution in [0.15, 0.2) is 12.5 Å². The lowest BCUT2D eigenvalue weighted by Gasteiger charge is -2.10. The molecule has 1 atom stereocenters. The first-order chi connectivity index (χ1) is 7.77. The average Bonchev–Trinajstić information content (AvgIpc) is 2.86. The number of hydrogen-bond acceptors (Lipinski definition) is 3. The Kier molecular flexibility index (Phi) is 2.76. The van der Waals surface area contributed by atoms with Gasteiger partial charge in [0.05, 0.1) is 18.0 Å². The molecule has 3 rings (SSSR count). The molecule has 0 radical (unpaired) electrons. The molecular formula is C10H9ClIN3O. The van der Waals surface area contributed by atoms with Crippen molar-refractivity contribution >= 4 is 45.2 Å². The normalized spacial score (nSPS) is 20.8. The van der Waals surface area contributed by atoms with E-state index in [-0.39, 0.29) is 0 Å². The van der Waals surface area contributed by atoms with Crippen LogP contribution in [0.25, 0.3) is 11.0 Å². The average molecular weight is 350 g/mol. The zero-order chi connectivity index (χ0) is 11.1. The van der Waals surface area contributed by atoms with Gasteiger partial charge in [-0.3, -0.25) is 0 Å². The fraction of sp³-hybridized carbons (Fsp3) is 0.400. The quantitative estimate of drug-likeness (QED) is 0.587. The van der Waals surface area contributed by atoms with Gasteiger partial charge < -0.3 is 9.30 Å². The van der Waals surface area contributed by atoms with Gasteiger partial charge in [-0.25, -0.2) is 9.97 Å². The predicted molar refractivity (Wildman–Crippen MR) is 69.7 cm³/mol. The Labute approximate surface area is 111 Å². The van der Waals surface area contributed by atoms with E-state index in [4.69, 9.17) is 16.3 Å². The van der Waals surface area contributed by atoms with Crippen molar-refractivity contribution in [3.8, 4) is 0 Å². The molecule has 0 bridgehead atoms. The van der Waals surface area contributed by atoms with Crippen molar-refractivity contribution in [2.24, 2.45) is 0 Å². The molecule has 2 aromatic rings. The van der Waals surface area contributed by atoms with E-state index >= 15 is 0 Å². The molecule has 0 saturated carbocycles. The minimum absolute atomic E-state index is 0.372. The number of aromatic nitrogens is 3. The van der Waals surface area contributed by atoms with E-state index < -0.39 is 0 Å². The number of fused-ring (bicyclic) bond motifs is 1. The smallest absolute Gasteiger partial charge is 0.146 e. The second-order valence-corrected chi connectivity index (χ2v) is 5.29. The summed E-state index contributed by atoms with van der Waals surface area (Å²) in [5, 5.41) is 1.46. The molecule has 2 aromatic heterocycles. The van der Waals surface area contributed by atoms with E-state index in [0.717, 1.165) is 34.2 Å². The zero-order valence-corrected chi connectivity index (χ0v) is 11.3. The van der Waals surface area contributed by atoms with Gasteiger partial charge in [-0.15, -0.1) is 0 Å². The fourth-order valence-corrected chi connectivity index (χ4v) is 3.21. The van der Waals surface area contributed by atoms with Crippen LogP contribution in [0.3, 0.4) is 0 Å². The number of ether oxygens (including phenoxy) is 1. The highest BCUT2D eigenvalue weighted by Gasteiger charge is 2.22. The minimum atomic E-state index is 0.372. The fourth-order valence-electron chi connectivity index (χ4n) is 2.02. The van der Waals surface area contributed by atoms with Crippen LogP contribution in [-0.4, -0.2) is 27.7 Å². The highest BCUT2D eigenvalue weighted by Crippen LogP contribution is 2.31. The summed E-state index contributed by atoms with van der Waals surface area (Å²) in [7, 11) is 0. The number of rotatable bonds is 1. The van der Waals surface area contributed by atoms with Crippen LogP contribution < -0.4 is 0 Å². The van der Waals surface area contributed by atoms with Gasteiger partial charge >= 0.3 is 0 Å². The van der Waals surface area contributed by atoms with Crippen molar-refractivity contribution in [3.05, 3.63) is 21.2 Å². The summed E-state index contributed by atoms with van der Waals surface area (Å²) >= 11 is 8.35. The SMILES string of the molecule is Clc1ncnc2c1c(I)cn2C1CCOC1. The molecule has 1 saturated heterocycles. The maximum Gasteiger partial charge on any atom is 0.146 e. The minimum Gasteiger partial charge on any atom is -0.379 e. The third-order valence-electron chi connectivity index (χ3n) is 2.82. The van der Waals surface area contributed by atoms with Crippen molar-refractivity contribution in [2.75, 3.05) is 13.2 Å². The Morgan fingerprint density at radius 2 is 2.38 bits per heavy atom. The molecule has 0 amide bonds. The molecule has 6 heteroatoms. The van der Waals surface area contributed by atoms with Gasteiger partial charge in [0.15, 0.2) is 0 Å². The Morgan fingerprint density at radius 3 is 3.12 bits per heavy atom. The van der Waals surface area contributed by atoms with Gasteiger partial charge in [0.1, 0.15) is 17.1 Å². The van der Waals surface area contributed by atoms with E-state index in [2.05, 4.69) is 43.3 Å². The van der Waals surface area contributed by atoms with E-state index in [1.807, 2.05) is 0 Å². The van der Waals surface area contributed by atoms with Crippen LogP contribution in [0.1, 0.15) is 12.5 Å². The lowest BCUT2D eigenvalue weighted by Crippen LogP contribution is -2.07. The molecular weight excluding hydrogens is 340 g/mol. The first-order valence-electron chi connectivity index (χ1n) is 5.01. The van der Waals surface area contributed by atoms with Crippen LogP contribution in [0.4, 0.5) is 0 Å². The summed E-state index contributed by atoms with van der Waals surface area (Å²) in [5.41, 5.74) is 0.903. The van der Waals surface area contributed by atoms with Gasteiger partial charge in [0, 0.05) is 16.4 Å². The van der Waals surface area contributed by atoms with Gasteiger partial charge in [-0.05, 0) is 29.0 Å². The lowest BCUT2D eigenvalue weighted by molar-refractivity contribution is 0.187. The predicted octanol–water partition coefficient (Wildman–Crippen LogP) is 2.65. The molecule has 0 N–H and O–H groups in total. The highest BCUT2D eigenvalue weighted by atomic mass is 127. The first kappa shape index (κ1) is 10.7. The molecule has 4 nitrogen and oxygen atoms in total. The lowest BCUT2D eigenvalue weighted by atomic mass is 10.2. The Morgan fingerprint density at radius 1 is 1.50 bits per heavy atom. The number of hydrogen-bond donors (Lipinski definition) is 0. The summed E-state index contributed by atoms with van der Waals surface area (Å²) in [4.78, 5) is 8.33. The first-order valence-corrected chi connectivity index (χ1v) is 6.47. The third-order valence-corrected chi connectivity index (χ3v) is 3.92. The van der Waals surface area contributed by atoms with Gasteiger partial charge in [0.25, 0.3) is 0 Å². The largest absolute Gasteiger partial charge is 0.379 e. The van der Waals surface area contributed by atoms with Crippen molar-refractivity contribution in [1.29, 1.82) is 0 Å². The summed E-state index contributed by atoms with van der Waals surface area (Å²) in [6.07, 6.45) is 4.61. The van der Waals surface area contributed by atoms with E-state index in [1.54, 1.807) is 0 Å². The number of halogens is 2. The van der Waals surface area contributed by atoms with Crippen molar-refractivity contribution in [1.82, 2.24) is 14.5 Å². The maximum atomic E-state index is 6.08. The summed E-state index contributed by atoms with van der Waals surface area (Å²) in [5.74, 6) is 0. The van der Waals surface area contributed by atoms with Crippen LogP contribution in [0.5, 0.6) is 0 Å². The highest BCUT2D eigenvalue weighted by molar-refractivity contribution is 14.1.